The second kappa shape index (κ2) is 7.77. The number of likely N-dealkylation sites (tertiary alicyclic amines) is 1. The molecule has 0 bridgehead atoms. The lowest BCUT2D eigenvalue weighted by Crippen LogP contribution is -2.45. The van der Waals surface area contributed by atoms with Gasteiger partial charge >= 0.3 is 0 Å². The van der Waals surface area contributed by atoms with Gasteiger partial charge in [0.2, 0.25) is 5.88 Å². The molecule has 2 heterocycles. The van der Waals surface area contributed by atoms with Crippen LogP contribution in [0, 0.1) is 0 Å². The van der Waals surface area contributed by atoms with Crippen molar-refractivity contribution in [2.45, 2.75) is 64.0 Å². The highest BCUT2D eigenvalue weighted by Crippen LogP contribution is 2.26. The Hall–Kier alpha value is -1.36. The first-order chi connectivity index (χ1) is 10.8. The number of aromatic nitrogens is 2. The monoisotopic (exact) mass is 304 g/mol. The Morgan fingerprint density at radius 1 is 1.14 bits per heavy atom. The van der Waals surface area contributed by atoms with Gasteiger partial charge in [-0.1, -0.05) is 19.3 Å². The van der Waals surface area contributed by atoms with Gasteiger partial charge in [0.05, 0.1) is 6.61 Å². The quantitative estimate of drug-likeness (QED) is 0.906. The van der Waals surface area contributed by atoms with E-state index in [9.17, 15) is 0 Å². The van der Waals surface area contributed by atoms with Gasteiger partial charge in [0.15, 0.2) is 0 Å². The van der Waals surface area contributed by atoms with Crippen molar-refractivity contribution in [3.63, 3.8) is 0 Å². The predicted molar refractivity (Wildman–Crippen MR) is 88.3 cm³/mol. The Bertz CT molecular complexity index is 454. The van der Waals surface area contributed by atoms with Crippen LogP contribution in [0.25, 0.3) is 0 Å². The number of nitrogens with zero attached hydrogens (tertiary/aromatic N) is 3. The fourth-order valence-corrected chi connectivity index (χ4v) is 3.71. The molecule has 2 aliphatic rings. The van der Waals surface area contributed by atoms with E-state index >= 15 is 0 Å². The first-order valence-corrected chi connectivity index (χ1v) is 8.80. The molecule has 0 unspecified atom stereocenters. The molecule has 1 saturated heterocycles. The molecule has 2 fully saturated rings. The maximum absolute atomic E-state index is 5.43. The summed E-state index contributed by atoms with van der Waals surface area (Å²) in [5, 5.41) is 3.55. The van der Waals surface area contributed by atoms with E-state index < -0.39 is 0 Å². The highest BCUT2D eigenvalue weighted by Gasteiger charge is 2.26. The zero-order valence-corrected chi connectivity index (χ0v) is 13.6. The van der Waals surface area contributed by atoms with Crippen LogP contribution in [0.1, 0.15) is 51.9 Å². The largest absolute Gasteiger partial charge is 0.478 e. The van der Waals surface area contributed by atoms with Crippen molar-refractivity contribution in [2.24, 2.45) is 0 Å². The highest BCUT2D eigenvalue weighted by atomic mass is 16.5. The summed E-state index contributed by atoms with van der Waals surface area (Å²) in [4.78, 5) is 11.1. The summed E-state index contributed by atoms with van der Waals surface area (Å²) < 4.78 is 5.43. The second-order valence-electron chi connectivity index (χ2n) is 6.42. The first kappa shape index (κ1) is 15.5. The first-order valence-electron chi connectivity index (χ1n) is 8.80. The molecule has 5 nitrogen and oxygen atoms in total. The lowest BCUT2D eigenvalue weighted by Gasteiger charge is -2.39. The third-order valence-electron chi connectivity index (χ3n) is 4.91. The smallest absolute Gasteiger partial charge is 0.218 e. The van der Waals surface area contributed by atoms with E-state index in [2.05, 4.69) is 20.2 Å². The topological polar surface area (TPSA) is 50.3 Å². The number of ether oxygens (including phenoxy) is 1. The van der Waals surface area contributed by atoms with Crippen LogP contribution in [0.2, 0.25) is 0 Å². The van der Waals surface area contributed by atoms with Gasteiger partial charge in [-0.05, 0) is 32.6 Å². The summed E-state index contributed by atoms with van der Waals surface area (Å²) in [5.74, 6) is 1.54. The van der Waals surface area contributed by atoms with Gasteiger partial charge in [-0.2, -0.15) is 0 Å². The lowest BCUT2D eigenvalue weighted by atomic mass is 9.92. The van der Waals surface area contributed by atoms with Gasteiger partial charge in [-0.15, -0.1) is 0 Å². The number of hydrogen-bond donors (Lipinski definition) is 1. The van der Waals surface area contributed by atoms with Gasteiger partial charge < -0.3 is 15.0 Å². The molecule has 3 rings (SSSR count). The van der Waals surface area contributed by atoms with Crippen LogP contribution in [-0.4, -0.2) is 46.6 Å². The molecule has 22 heavy (non-hydrogen) atoms. The van der Waals surface area contributed by atoms with Crippen molar-refractivity contribution < 1.29 is 4.74 Å². The Morgan fingerprint density at radius 3 is 2.64 bits per heavy atom. The Kier molecular flexibility index (Phi) is 5.48. The van der Waals surface area contributed by atoms with E-state index in [-0.39, 0.29) is 0 Å². The van der Waals surface area contributed by atoms with Crippen molar-refractivity contribution in [1.82, 2.24) is 14.9 Å². The SMILES string of the molecule is CCOc1cc(NC2CCN(C3CCCCC3)CC2)ncn1. The highest BCUT2D eigenvalue weighted by molar-refractivity contribution is 5.38. The number of nitrogens with one attached hydrogen (secondary N) is 1. The second-order valence-corrected chi connectivity index (χ2v) is 6.42. The molecule has 0 spiro atoms. The molecule has 0 amide bonds. The maximum atomic E-state index is 5.43. The van der Waals surface area contributed by atoms with Crippen LogP contribution in [0.5, 0.6) is 5.88 Å². The summed E-state index contributed by atoms with van der Waals surface area (Å²) in [6.07, 6.45) is 11.1. The van der Waals surface area contributed by atoms with Crippen LogP contribution < -0.4 is 10.1 Å². The summed E-state index contributed by atoms with van der Waals surface area (Å²) >= 11 is 0. The molecule has 1 aliphatic carbocycles. The predicted octanol–water partition coefficient (Wildman–Crippen LogP) is 3.08. The van der Waals surface area contributed by atoms with Crippen LogP contribution >= 0.6 is 0 Å². The van der Waals surface area contributed by atoms with Crippen molar-refractivity contribution in [3.8, 4) is 5.88 Å². The molecule has 1 aliphatic heterocycles. The molecule has 1 saturated carbocycles. The van der Waals surface area contributed by atoms with Crippen molar-refractivity contribution in [3.05, 3.63) is 12.4 Å². The van der Waals surface area contributed by atoms with E-state index in [0.29, 0.717) is 18.5 Å². The van der Waals surface area contributed by atoms with Gasteiger partial charge in [0.25, 0.3) is 0 Å². The average Bonchev–Trinajstić information content (AvgIpc) is 2.57. The summed E-state index contributed by atoms with van der Waals surface area (Å²) in [7, 11) is 0. The molecule has 1 aromatic rings. The summed E-state index contributed by atoms with van der Waals surface area (Å²) in [6, 6.07) is 3.26. The number of piperidine rings is 1. The normalized spacial score (nSPS) is 21.7. The third kappa shape index (κ3) is 4.09. The third-order valence-corrected chi connectivity index (χ3v) is 4.91. The number of hydrogen-bond acceptors (Lipinski definition) is 5. The van der Waals surface area contributed by atoms with Gasteiger partial charge in [0, 0.05) is 31.2 Å². The Balaban J connectivity index is 1.48. The summed E-state index contributed by atoms with van der Waals surface area (Å²) in [6.45, 7) is 5.03. The number of rotatable bonds is 5. The van der Waals surface area contributed by atoms with E-state index in [1.807, 2.05) is 13.0 Å². The zero-order valence-electron chi connectivity index (χ0n) is 13.6. The van der Waals surface area contributed by atoms with Crippen molar-refractivity contribution in [1.29, 1.82) is 0 Å². The average molecular weight is 304 g/mol. The maximum Gasteiger partial charge on any atom is 0.218 e. The summed E-state index contributed by atoms with van der Waals surface area (Å²) in [5.41, 5.74) is 0. The molecule has 0 atom stereocenters. The Morgan fingerprint density at radius 2 is 1.91 bits per heavy atom. The standard InChI is InChI=1S/C17H28N4O/c1-2-22-17-12-16(18-13-19-17)20-14-8-10-21(11-9-14)15-6-4-3-5-7-15/h12-15H,2-11H2,1H3,(H,18,19,20). The van der Waals surface area contributed by atoms with Crippen molar-refractivity contribution in [2.75, 3.05) is 25.0 Å². The van der Waals surface area contributed by atoms with Crippen LogP contribution in [0.4, 0.5) is 5.82 Å². The van der Waals surface area contributed by atoms with Crippen molar-refractivity contribution >= 4 is 5.82 Å². The lowest BCUT2D eigenvalue weighted by molar-refractivity contribution is 0.126. The fraction of sp³-hybridized carbons (Fsp3) is 0.765. The minimum Gasteiger partial charge on any atom is -0.478 e. The minimum absolute atomic E-state index is 0.518. The van der Waals surface area contributed by atoms with E-state index in [1.54, 1.807) is 6.33 Å². The van der Waals surface area contributed by atoms with E-state index in [4.69, 9.17) is 4.74 Å². The van der Waals surface area contributed by atoms with E-state index in [0.717, 1.165) is 11.9 Å². The van der Waals surface area contributed by atoms with Crippen LogP contribution in [0.15, 0.2) is 12.4 Å². The zero-order chi connectivity index (χ0) is 15.2. The molecule has 0 aromatic carbocycles. The van der Waals surface area contributed by atoms with Gasteiger partial charge in [-0.3, -0.25) is 0 Å². The molecule has 1 N–H and O–H groups in total. The van der Waals surface area contributed by atoms with Gasteiger partial charge in [-0.25, -0.2) is 9.97 Å². The van der Waals surface area contributed by atoms with Crippen LogP contribution in [-0.2, 0) is 0 Å². The molecule has 5 heteroatoms. The molecule has 122 valence electrons. The molecule has 0 radical (unpaired) electrons. The molecular formula is C17H28N4O. The van der Waals surface area contributed by atoms with Gasteiger partial charge in [0.1, 0.15) is 12.1 Å². The van der Waals surface area contributed by atoms with Crippen LogP contribution in [0.3, 0.4) is 0 Å². The molecule has 1 aromatic heterocycles. The number of anilines is 1. The minimum atomic E-state index is 0.518. The van der Waals surface area contributed by atoms with E-state index in [1.165, 1.54) is 58.0 Å². The fourth-order valence-electron chi connectivity index (χ4n) is 3.71. The molecular weight excluding hydrogens is 276 g/mol. The Labute approximate surface area is 133 Å².